The summed E-state index contributed by atoms with van der Waals surface area (Å²) in [4.78, 5) is 37.2. The van der Waals surface area contributed by atoms with Crippen molar-refractivity contribution in [3.05, 3.63) is 114 Å². The molecule has 4 aromatic rings. The molecule has 0 saturated carbocycles. The number of ether oxygens (including phenoxy) is 8. The van der Waals surface area contributed by atoms with Gasteiger partial charge in [-0.1, -0.05) is 64.1 Å². The average molecular weight is 1300 g/mol. The zero-order valence-corrected chi connectivity index (χ0v) is 51.7. The summed E-state index contributed by atoms with van der Waals surface area (Å²) >= 11 is 0. The molecule has 2 amide bonds. The maximum absolute atomic E-state index is 13.7. The lowest BCUT2D eigenvalue weighted by Gasteiger charge is -2.31. The molecule has 486 valence electrons. The number of nitrogens with zero attached hydrogens (tertiary/aromatic N) is 2. The van der Waals surface area contributed by atoms with E-state index in [-0.39, 0.29) is 85.3 Å². The number of nitrogens with one attached hydrogen (secondary N) is 2. The molecule has 0 spiro atoms. The maximum Gasteiger partial charge on any atom is 0.534 e. The van der Waals surface area contributed by atoms with Crippen LogP contribution in [0.1, 0.15) is 55.6 Å². The summed E-state index contributed by atoms with van der Waals surface area (Å²) in [6, 6.07) is 20.9. The number of hydrogen-bond donors (Lipinski definition) is 4. The Kier molecular flexibility index (Phi) is 24.1. The van der Waals surface area contributed by atoms with Crippen molar-refractivity contribution < 1.29 is 105 Å². The van der Waals surface area contributed by atoms with Crippen LogP contribution in [0.4, 0.5) is 22.8 Å². The van der Waals surface area contributed by atoms with Gasteiger partial charge in [-0.3, -0.25) is 4.79 Å². The Balaban J connectivity index is 0.000000253. The van der Waals surface area contributed by atoms with Crippen LogP contribution < -0.4 is 24.3 Å². The van der Waals surface area contributed by atoms with Gasteiger partial charge < -0.3 is 62.9 Å². The minimum absolute atomic E-state index is 0.0186. The lowest BCUT2D eigenvalue weighted by Crippen LogP contribution is -2.51. The van der Waals surface area contributed by atoms with E-state index in [4.69, 9.17) is 37.9 Å². The van der Waals surface area contributed by atoms with Gasteiger partial charge in [0.2, 0.25) is 20.0 Å². The summed E-state index contributed by atoms with van der Waals surface area (Å²) < 4.78 is 166. The number of aldehydes is 1. The van der Waals surface area contributed by atoms with E-state index < -0.39 is 103 Å². The molecule has 4 fully saturated rings. The summed E-state index contributed by atoms with van der Waals surface area (Å²) in [5.41, 5.74) is -4.06. The summed E-state index contributed by atoms with van der Waals surface area (Å²) in [6.07, 6.45) is -4.83. The van der Waals surface area contributed by atoms with Crippen molar-refractivity contribution in [2.24, 2.45) is 23.7 Å². The highest BCUT2D eigenvalue weighted by Crippen LogP contribution is 2.34. The number of carbonyl (C=O) groups is 3. The van der Waals surface area contributed by atoms with E-state index >= 15 is 0 Å². The number of aliphatic hydroxyl groups excluding tert-OH is 2. The molecule has 0 radical (unpaired) electrons. The third-order valence-corrected chi connectivity index (χ3v) is 19.5. The number of sulfonamides is 2. The molecular weight excluding hydrogens is 1230 g/mol. The van der Waals surface area contributed by atoms with Crippen molar-refractivity contribution in [2.45, 2.75) is 111 Å². The molecule has 4 aromatic carbocycles. The number of alkyl halides is 3. The van der Waals surface area contributed by atoms with Crippen molar-refractivity contribution in [3.8, 4) is 17.2 Å². The highest BCUT2D eigenvalue weighted by Gasteiger charge is 2.49. The van der Waals surface area contributed by atoms with Crippen LogP contribution in [-0.4, -0.2) is 190 Å². The van der Waals surface area contributed by atoms with E-state index in [1.165, 1.54) is 67.1 Å². The van der Waals surface area contributed by atoms with E-state index in [9.17, 15) is 63.0 Å². The van der Waals surface area contributed by atoms with Gasteiger partial charge in [0.15, 0.2) is 6.29 Å². The number of rotatable bonds is 27. The van der Waals surface area contributed by atoms with Gasteiger partial charge in [-0.25, -0.2) is 26.4 Å². The molecular formula is C58H75F3N4O20S3. The molecule has 0 aliphatic carbocycles. The molecule has 8 rings (SSSR count). The normalized spacial score (nSPS) is 21.6. The van der Waals surface area contributed by atoms with Gasteiger partial charge in [-0.15, -0.1) is 0 Å². The van der Waals surface area contributed by atoms with Crippen molar-refractivity contribution in [3.63, 3.8) is 0 Å². The highest BCUT2D eigenvalue weighted by molar-refractivity contribution is 7.89. The summed E-state index contributed by atoms with van der Waals surface area (Å²) in [7, 11) is -11.1. The van der Waals surface area contributed by atoms with Gasteiger partial charge in [0.25, 0.3) is 0 Å². The van der Waals surface area contributed by atoms with E-state index in [2.05, 4.69) is 14.8 Å². The van der Waals surface area contributed by atoms with Crippen molar-refractivity contribution >= 4 is 48.6 Å². The minimum Gasteiger partial charge on any atom is -0.497 e. The Morgan fingerprint density at radius 1 is 0.614 bits per heavy atom. The van der Waals surface area contributed by atoms with Gasteiger partial charge in [0.1, 0.15) is 35.7 Å². The number of hydrogen-bond acceptors (Lipinski definition) is 20. The zero-order chi connectivity index (χ0) is 64.1. The number of aliphatic hydroxyl groups is 2. The lowest BCUT2D eigenvalue weighted by atomic mass is 10.00. The molecule has 88 heavy (non-hydrogen) atoms. The Bertz CT molecular complexity index is 3280. The van der Waals surface area contributed by atoms with Gasteiger partial charge in [-0.2, -0.15) is 30.2 Å². The van der Waals surface area contributed by atoms with E-state index in [1.54, 1.807) is 50.2 Å². The van der Waals surface area contributed by atoms with Crippen LogP contribution in [0.2, 0.25) is 0 Å². The van der Waals surface area contributed by atoms with Crippen LogP contribution in [0, 0.1) is 23.7 Å². The smallest absolute Gasteiger partial charge is 0.497 e. The third-order valence-electron chi connectivity index (χ3n) is 14.8. The zero-order valence-electron chi connectivity index (χ0n) is 49.2. The molecule has 0 unspecified atom stereocenters. The van der Waals surface area contributed by atoms with Gasteiger partial charge in [0.05, 0.1) is 99.3 Å². The number of carbonyl (C=O) groups excluding carboxylic acids is 3. The number of halogens is 3. The average Bonchev–Trinajstić information content (AvgIpc) is 4.09. The minimum atomic E-state index is -5.90. The van der Waals surface area contributed by atoms with Crippen LogP contribution in [0.3, 0.4) is 0 Å². The quantitative estimate of drug-likeness (QED) is 0.0334. The maximum atomic E-state index is 13.7. The topological polar surface area (TPSA) is 308 Å². The molecule has 4 heterocycles. The first kappa shape index (κ1) is 69.3. The Labute approximate surface area is 510 Å². The van der Waals surface area contributed by atoms with Crippen LogP contribution in [0.15, 0.2) is 107 Å². The second-order valence-electron chi connectivity index (χ2n) is 22.3. The van der Waals surface area contributed by atoms with Gasteiger partial charge >= 0.3 is 27.8 Å². The molecule has 24 nitrogen and oxygen atoms in total. The number of fused-ring (bicyclic) bond motifs is 2. The Hall–Kier alpha value is -6.19. The fraction of sp³-hybridized carbons (Fsp3) is 0.534. The van der Waals surface area contributed by atoms with Gasteiger partial charge in [-0.05, 0) is 103 Å². The molecule has 0 aromatic heterocycles. The van der Waals surface area contributed by atoms with Crippen LogP contribution in [0.5, 0.6) is 17.2 Å². The fourth-order valence-electron chi connectivity index (χ4n) is 10.2. The Morgan fingerprint density at radius 2 is 1.06 bits per heavy atom. The standard InChI is InChI=1S/C29H37F3N2O11S2.C29H38N2O9S/c1-18(2)15-34(46(37,38)22-10-8-20(41-3)9-11-22)16-25(35)24(33-28(36)44-26-17-43-27-23(26)12-13-42-27)14-19-4-6-21(7-5-19)45-47(39,40)29(30,31)32;1-19(2)13-31(41(35,36)23-10-8-22(37-3)9-11-23)14-26(33)25(12-20-4-6-21(15-32)7-5-20)30-29(34)40-28-18-39-27-17-38-16-24(27)28/h4-11,18,23-27,35H,12-17H2,1-3H3,(H,33,36);4-11,15,19,24-28,33H,12-14,16-18H2,1-3H3,(H,30,34)/t23-,24-,25+,26-,27+;24-,25+,26-,27+,28+/m01/s1. The first-order chi connectivity index (χ1) is 41.6. The molecule has 30 heteroatoms. The number of alkyl carbamates (subject to hydrolysis) is 2. The molecule has 4 saturated heterocycles. The molecule has 4 aliphatic rings. The fourth-order valence-corrected chi connectivity index (χ4v) is 13.9. The summed E-state index contributed by atoms with van der Waals surface area (Å²) in [5.74, 6) is -0.0815. The second kappa shape index (κ2) is 30.5. The second-order valence-corrected chi connectivity index (χ2v) is 27.7. The van der Waals surface area contributed by atoms with E-state index in [1.807, 2.05) is 13.8 Å². The first-order valence-electron chi connectivity index (χ1n) is 28.3. The van der Waals surface area contributed by atoms with E-state index in [0.717, 1.165) is 28.3 Å². The first-order valence-corrected chi connectivity index (χ1v) is 32.5. The lowest BCUT2D eigenvalue weighted by molar-refractivity contribution is -0.0907. The summed E-state index contributed by atoms with van der Waals surface area (Å²) in [5, 5.41) is 28.2. The van der Waals surface area contributed by atoms with Crippen LogP contribution >= 0.6 is 0 Å². The molecule has 4 aliphatic heterocycles. The number of benzene rings is 4. The van der Waals surface area contributed by atoms with E-state index in [0.29, 0.717) is 48.9 Å². The SMILES string of the molecule is COc1ccc(S(=O)(=O)N(CC(C)C)C[C@@H](O)[C@H](Cc2ccc(C=O)cc2)NC(=O)O[C@H]2CO[C@H]3COC[C@H]32)cc1.COc1ccc(S(=O)(=O)N(CC(C)C)C[C@@H](O)[C@H](Cc2ccc(OS(=O)(=O)C(F)(F)F)cc2)NC(=O)O[C@H]2CO[C@H]3OCC[C@H]32)cc1. The van der Waals surface area contributed by atoms with Crippen molar-refractivity contribution in [1.29, 1.82) is 0 Å². The van der Waals surface area contributed by atoms with Crippen LogP contribution in [0.25, 0.3) is 0 Å². The predicted molar refractivity (Wildman–Crippen MR) is 309 cm³/mol. The Morgan fingerprint density at radius 3 is 1.50 bits per heavy atom. The van der Waals surface area contributed by atoms with Gasteiger partial charge in [0, 0.05) is 31.7 Å². The molecule has 4 N–H and O–H groups in total. The highest BCUT2D eigenvalue weighted by atomic mass is 32.2. The van der Waals surface area contributed by atoms with Crippen molar-refractivity contribution in [1.82, 2.24) is 19.2 Å². The van der Waals surface area contributed by atoms with Crippen molar-refractivity contribution in [2.75, 3.05) is 73.4 Å². The summed E-state index contributed by atoms with van der Waals surface area (Å²) in [6.45, 7) is 8.50. The number of amides is 2. The number of methoxy groups -OCH3 is 2. The predicted octanol–water partition coefficient (Wildman–Crippen LogP) is 5.30. The molecule has 0 bridgehead atoms. The van der Waals surface area contributed by atoms with Crippen LogP contribution in [-0.2, 0) is 71.4 Å². The largest absolute Gasteiger partial charge is 0.534 e. The monoisotopic (exact) mass is 1300 g/mol. The third kappa shape index (κ3) is 18.5. The molecule has 10 atom stereocenters.